The summed E-state index contributed by atoms with van der Waals surface area (Å²) in [6, 6.07) is 3.59. The third-order valence-electron chi connectivity index (χ3n) is 4.26. The van der Waals surface area contributed by atoms with Crippen molar-refractivity contribution < 1.29 is 23.1 Å². The number of fused-ring (bicyclic) bond motifs is 1. The lowest BCUT2D eigenvalue weighted by Gasteiger charge is -2.34. The van der Waals surface area contributed by atoms with Gasteiger partial charge in [-0.1, -0.05) is 0 Å². The highest BCUT2D eigenvalue weighted by Crippen LogP contribution is 2.47. The number of aromatic carboxylic acids is 1. The average molecular weight is 309 g/mol. The van der Waals surface area contributed by atoms with Crippen molar-refractivity contribution in [2.45, 2.75) is 37.1 Å². The van der Waals surface area contributed by atoms with E-state index in [0.717, 1.165) is 23.2 Å². The lowest BCUT2D eigenvalue weighted by Crippen LogP contribution is -2.49. The fraction of sp³-hybridized carbons (Fsp3) is 0.429. The fourth-order valence-electron chi connectivity index (χ4n) is 2.89. The molecular formula is C14H15NO5S. The van der Waals surface area contributed by atoms with Crippen molar-refractivity contribution in [1.82, 2.24) is 4.31 Å². The van der Waals surface area contributed by atoms with Crippen LogP contribution in [0.5, 0.6) is 0 Å². The Morgan fingerprint density at radius 3 is 2.48 bits per heavy atom. The molecule has 1 heterocycles. The minimum atomic E-state index is -3.99. The first-order valence-corrected chi connectivity index (χ1v) is 8.08. The molecule has 1 amide bonds. The molecule has 1 fully saturated rings. The van der Waals surface area contributed by atoms with E-state index in [0.29, 0.717) is 0 Å². The second-order valence-corrected chi connectivity index (χ2v) is 7.77. The summed E-state index contributed by atoms with van der Waals surface area (Å²) >= 11 is 0. The number of carboxylic acids is 1. The van der Waals surface area contributed by atoms with Crippen molar-refractivity contribution in [2.24, 2.45) is 5.92 Å². The van der Waals surface area contributed by atoms with Gasteiger partial charge in [-0.2, -0.15) is 0 Å². The minimum absolute atomic E-state index is 0.0497. The van der Waals surface area contributed by atoms with Crippen LogP contribution < -0.4 is 0 Å². The molecule has 6 nitrogen and oxygen atoms in total. The first-order valence-electron chi connectivity index (χ1n) is 6.64. The number of carbonyl (C=O) groups excluding carboxylic acids is 1. The van der Waals surface area contributed by atoms with Gasteiger partial charge in [-0.3, -0.25) is 4.79 Å². The molecule has 1 aromatic carbocycles. The monoisotopic (exact) mass is 309 g/mol. The van der Waals surface area contributed by atoms with Crippen LogP contribution in [-0.2, 0) is 10.0 Å². The van der Waals surface area contributed by atoms with Crippen LogP contribution in [0.25, 0.3) is 0 Å². The summed E-state index contributed by atoms with van der Waals surface area (Å²) in [6.07, 6.45) is 1.78. The highest BCUT2D eigenvalue weighted by Gasteiger charge is 2.54. The quantitative estimate of drug-likeness (QED) is 0.918. The molecular weight excluding hydrogens is 294 g/mol. The van der Waals surface area contributed by atoms with Gasteiger partial charge in [0, 0.05) is 0 Å². The van der Waals surface area contributed by atoms with Crippen LogP contribution in [0.4, 0.5) is 0 Å². The number of hydrogen-bond donors (Lipinski definition) is 1. The maximum absolute atomic E-state index is 12.7. The molecule has 1 aromatic rings. The van der Waals surface area contributed by atoms with Gasteiger partial charge in [0.25, 0.3) is 15.9 Å². The van der Waals surface area contributed by atoms with Gasteiger partial charge >= 0.3 is 5.97 Å². The summed E-state index contributed by atoms with van der Waals surface area (Å²) in [4.78, 5) is 23.3. The molecule has 0 atom stereocenters. The number of carbonyl (C=O) groups is 2. The normalized spacial score (nSPS) is 20.5. The van der Waals surface area contributed by atoms with Crippen LogP contribution in [0.2, 0.25) is 0 Å². The van der Waals surface area contributed by atoms with E-state index in [-0.39, 0.29) is 21.9 Å². The average Bonchev–Trinajstić information content (AvgIpc) is 3.19. The van der Waals surface area contributed by atoms with Gasteiger partial charge in [-0.05, 0) is 50.8 Å². The second kappa shape index (κ2) is 4.07. The van der Waals surface area contributed by atoms with Crippen molar-refractivity contribution in [3.8, 4) is 0 Å². The van der Waals surface area contributed by atoms with Gasteiger partial charge in [0.15, 0.2) is 0 Å². The molecule has 1 aliphatic carbocycles. The topological polar surface area (TPSA) is 91.8 Å². The third-order valence-corrected chi connectivity index (χ3v) is 6.27. The Hall–Kier alpha value is -1.89. The maximum atomic E-state index is 12.7. The van der Waals surface area contributed by atoms with E-state index in [1.165, 1.54) is 12.1 Å². The summed E-state index contributed by atoms with van der Waals surface area (Å²) in [5, 5.41) is 8.98. The Labute approximate surface area is 122 Å². The van der Waals surface area contributed by atoms with E-state index in [1.807, 2.05) is 0 Å². The van der Waals surface area contributed by atoms with E-state index < -0.39 is 27.4 Å². The maximum Gasteiger partial charge on any atom is 0.335 e. The number of hydrogen-bond acceptors (Lipinski definition) is 4. The molecule has 2 aliphatic rings. The lowest BCUT2D eigenvalue weighted by molar-refractivity contribution is 0.0693. The Morgan fingerprint density at radius 1 is 1.33 bits per heavy atom. The largest absolute Gasteiger partial charge is 0.478 e. The molecule has 21 heavy (non-hydrogen) atoms. The van der Waals surface area contributed by atoms with Gasteiger partial charge in [0.05, 0.1) is 16.7 Å². The van der Waals surface area contributed by atoms with Crippen molar-refractivity contribution in [1.29, 1.82) is 0 Å². The zero-order valence-electron chi connectivity index (χ0n) is 11.7. The van der Waals surface area contributed by atoms with Crippen LogP contribution in [0.15, 0.2) is 23.1 Å². The van der Waals surface area contributed by atoms with Crippen molar-refractivity contribution in [3.05, 3.63) is 29.3 Å². The molecule has 1 N–H and O–H groups in total. The highest BCUT2D eigenvalue weighted by molar-refractivity contribution is 7.90. The Kier molecular flexibility index (Phi) is 2.72. The van der Waals surface area contributed by atoms with E-state index in [9.17, 15) is 18.0 Å². The summed E-state index contributed by atoms with van der Waals surface area (Å²) in [7, 11) is -3.99. The van der Waals surface area contributed by atoms with Gasteiger partial charge in [-0.25, -0.2) is 17.5 Å². The highest BCUT2D eigenvalue weighted by atomic mass is 32.2. The van der Waals surface area contributed by atoms with E-state index in [1.54, 1.807) is 13.8 Å². The van der Waals surface area contributed by atoms with Crippen molar-refractivity contribution in [3.63, 3.8) is 0 Å². The Morgan fingerprint density at radius 2 is 1.95 bits per heavy atom. The molecule has 3 rings (SSSR count). The number of amides is 1. The van der Waals surface area contributed by atoms with Crippen LogP contribution in [0, 0.1) is 5.92 Å². The smallest absolute Gasteiger partial charge is 0.335 e. The first-order chi connectivity index (χ1) is 9.67. The predicted octanol–water partition coefficient (Wildman–Crippen LogP) is 1.72. The van der Waals surface area contributed by atoms with Gasteiger partial charge in [0.1, 0.15) is 4.90 Å². The number of rotatable bonds is 3. The summed E-state index contributed by atoms with van der Waals surface area (Å²) in [6.45, 7) is 3.48. The summed E-state index contributed by atoms with van der Waals surface area (Å²) in [5.74, 6) is -1.64. The Balaban J connectivity index is 2.17. The molecule has 1 saturated carbocycles. The van der Waals surface area contributed by atoms with Gasteiger partial charge in [-0.15, -0.1) is 0 Å². The first kappa shape index (κ1) is 14.1. The second-order valence-electron chi connectivity index (χ2n) is 6.02. The summed E-state index contributed by atoms with van der Waals surface area (Å²) in [5.41, 5.74) is -0.886. The number of carboxylic acid groups (broad SMARTS) is 1. The van der Waals surface area contributed by atoms with Crippen LogP contribution in [-0.4, -0.2) is 35.2 Å². The van der Waals surface area contributed by atoms with Crippen LogP contribution in [0.3, 0.4) is 0 Å². The SMILES string of the molecule is CC(C)(C1CC1)N1C(=O)c2ccc(C(=O)O)cc2S1(=O)=O. The standard InChI is InChI=1S/C14H15NO5S/c1-14(2,9-4-5-9)15-12(16)10-6-3-8(13(17)18)7-11(10)21(15,19)20/h3,6-7,9H,4-5H2,1-2H3,(H,17,18). The van der Waals surface area contributed by atoms with E-state index in [2.05, 4.69) is 0 Å². The molecule has 0 saturated heterocycles. The van der Waals surface area contributed by atoms with Gasteiger partial charge < -0.3 is 5.11 Å². The van der Waals surface area contributed by atoms with E-state index in [4.69, 9.17) is 5.11 Å². The fourth-order valence-corrected chi connectivity index (χ4v) is 4.88. The van der Waals surface area contributed by atoms with Crippen LogP contribution >= 0.6 is 0 Å². The number of benzene rings is 1. The molecule has 0 bridgehead atoms. The third kappa shape index (κ3) is 1.87. The van der Waals surface area contributed by atoms with Gasteiger partial charge in [0.2, 0.25) is 0 Å². The molecule has 7 heteroatoms. The number of sulfonamides is 1. The summed E-state index contributed by atoms with van der Waals surface area (Å²) < 4.78 is 26.2. The Bertz CT molecular complexity index is 762. The lowest BCUT2D eigenvalue weighted by atomic mass is 9.98. The van der Waals surface area contributed by atoms with Crippen LogP contribution in [0.1, 0.15) is 47.4 Å². The zero-order chi connectivity index (χ0) is 15.6. The number of nitrogens with zero attached hydrogens (tertiary/aromatic N) is 1. The predicted molar refractivity (Wildman–Crippen MR) is 73.6 cm³/mol. The molecule has 112 valence electrons. The van der Waals surface area contributed by atoms with Crippen molar-refractivity contribution >= 4 is 21.9 Å². The van der Waals surface area contributed by atoms with Crippen molar-refractivity contribution in [2.75, 3.05) is 0 Å². The molecule has 0 radical (unpaired) electrons. The minimum Gasteiger partial charge on any atom is -0.478 e. The molecule has 0 aromatic heterocycles. The molecule has 1 aliphatic heterocycles. The van der Waals surface area contributed by atoms with E-state index >= 15 is 0 Å². The molecule has 0 unspecified atom stereocenters. The zero-order valence-corrected chi connectivity index (χ0v) is 12.5. The molecule has 0 spiro atoms.